The summed E-state index contributed by atoms with van der Waals surface area (Å²) in [6, 6.07) is 4.09. The maximum absolute atomic E-state index is 12.8. The normalized spacial score (nSPS) is 34.5. The summed E-state index contributed by atoms with van der Waals surface area (Å²) in [5, 5.41) is 0. The molecule has 27 heavy (non-hydrogen) atoms. The van der Waals surface area contributed by atoms with Crippen molar-refractivity contribution in [1.82, 2.24) is 4.90 Å². The molecule has 6 nitrogen and oxygen atoms in total. The van der Waals surface area contributed by atoms with Crippen LogP contribution >= 0.6 is 0 Å². The van der Waals surface area contributed by atoms with Crippen molar-refractivity contribution >= 4 is 6.09 Å². The molecular formula is C21H25NO5. The van der Waals surface area contributed by atoms with Gasteiger partial charge in [-0.3, -0.25) is 4.90 Å². The van der Waals surface area contributed by atoms with Gasteiger partial charge in [0.25, 0.3) is 0 Å². The molecule has 0 N–H and O–H groups in total. The van der Waals surface area contributed by atoms with Gasteiger partial charge in [-0.1, -0.05) is 6.07 Å². The van der Waals surface area contributed by atoms with Crippen molar-refractivity contribution in [3.8, 4) is 11.5 Å². The minimum Gasteiger partial charge on any atom is -0.497 e. The van der Waals surface area contributed by atoms with E-state index >= 15 is 0 Å². The highest BCUT2D eigenvalue weighted by molar-refractivity contribution is 5.73. The van der Waals surface area contributed by atoms with Crippen molar-refractivity contribution in [3.63, 3.8) is 0 Å². The van der Waals surface area contributed by atoms with E-state index in [0.717, 1.165) is 35.7 Å². The molecule has 1 saturated heterocycles. The number of benzene rings is 1. The van der Waals surface area contributed by atoms with Gasteiger partial charge >= 0.3 is 6.09 Å². The van der Waals surface area contributed by atoms with Gasteiger partial charge < -0.3 is 18.9 Å². The lowest BCUT2D eigenvalue weighted by Gasteiger charge is -2.52. The Morgan fingerprint density at radius 3 is 2.85 bits per heavy atom. The average Bonchev–Trinajstić information content (AvgIpc) is 3.15. The number of hydrogen-bond acceptors (Lipinski definition) is 5. The summed E-state index contributed by atoms with van der Waals surface area (Å²) in [6.45, 7) is 4.37. The highest BCUT2D eigenvalue weighted by Gasteiger charge is 2.68. The second-order valence-electron chi connectivity index (χ2n) is 7.82. The van der Waals surface area contributed by atoms with Crippen molar-refractivity contribution in [1.29, 1.82) is 0 Å². The molecule has 5 unspecified atom stereocenters. The minimum absolute atomic E-state index is 0.00226. The molecule has 5 rings (SSSR count). The van der Waals surface area contributed by atoms with Crippen molar-refractivity contribution in [3.05, 3.63) is 35.1 Å². The fourth-order valence-electron chi connectivity index (χ4n) is 6.05. The SMILES string of the molecule is CCOC(=O)N1C2CC34c5c2ccc(OC)c5OC3C(OC)=CCC4C1C. The zero-order valence-electron chi connectivity index (χ0n) is 16.2. The molecular weight excluding hydrogens is 346 g/mol. The summed E-state index contributed by atoms with van der Waals surface area (Å²) in [7, 11) is 3.37. The smallest absolute Gasteiger partial charge is 0.410 e. The van der Waals surface area contributed by atoms with Crippen molar-refractivity contribution in [2.75, 3.05) is 20.8 Å². The number of nitrogens with zero attached hydrogens (tertiary/aromatic N) is 1. The van der Waals surface area contributed by atoms with Crippen LogP contribution in [0.1, 0.15) is 43.9 Å². The number of piperidine rings is 1. The van der Waals surface area contributed by atoms with E-state index in [9.17, 15) is 4.79 Å². The van der Waals surface area contributed by atoms with Gasteiger partial charge in [0.1, 0.15) is 5.76 Å². The Morgan fingerprint density at radius 2 is 2.15 bits per heavy atom. The van der Waals surface area contributed by atoms with E-state index < -0.39 is 0 Å². The third-order valence-electron chi connectivity index (χ3n) is 7.00. The van der Waals surface area contributed by atoms with E-state index in [1.807, 2.05) is 17.9 Å². The standard InChI is InChI=1S/C21H25NO5/c1-5-26-20(23)22-11(2)13-7-9-16(25-4)19-21(13)10-14(22)12-6-8-15(24-3)18(27-19)17(12)21/h6,8-9,11,13-14,19H,5,7,10H2,1-4H3. The summed E-state index contributed by atoms with van der Waals surface area (Å²) in [6.07, 6.45) is 3.42. The fraction of sp³-hybridized carbons (Fsp3) is 0.571. The fourth-order valence-corrected chi connectivity index (χ4v) is 6.05. The van der Waals surface area contributed by atoms with Gasteiger partial charge in [0.2, 0.25) is 0 Å². The van der Waals surface area contributed by atoms with Crippen molar-refractivity contribution in [2.24, 2.45) is 5.92 Å². The lowest BCUT2D eigenvalue weighted by atomic mass is 9.60. The van der Waals surface area contributed by atoms with Crippen LogP contribution in [0.2, 0.25) is 0 Å². The van der Waals surface area contributed by atoms with Gasteiger partial charge in [0.15, 0.2) is 17.6 Å². The maximum Gasteiger partial charge on any atom is 0.410 e. The number of amides is 1. The highest BCUT2D eigenvalue weighted by atomic mass is 16.6. The highest BCUT2D eigenvalue weighted by Crippen LogP contribution is 2.69. The Morgan fingerprint density at radius 1 is 1.33 bits per heavy atom. The van der Waals surface area contributed by atoms with E-state index in [-0.39, 0.29) is 35.6 Å². The topological polar surface area (TPSA) is 57.2 Å². The average molecular weight is 371 g/mol. The number of carbonyl (C=O) groups is 1. The second kappa shape index (κ2) is 5.57. The third-order valence-corrected chi connectivity index (χ3v) is 7.00. The number of hydrogen-bond donors (Lipinski definition) is 0. The molecule has 2 bridgehead atoms. The molecule has 4 aliphatic rings. The van der Waals surface area contributed by atoms with E-state index in [1.54, 1.807) is 14.2 Å². The first-order chi connectivity index (χ1) is 13.1. The first kappa shape index (κ1) is 16.8. The van der Waals surface area contributed by atoms with Gasteiger partial charge in [-0.2, -0.15) is 0 Å². The summed E-state index contributed by atoms with van der Waals surface area (Å²) < 4.78 is 23.2. The Kier molecular flexibility index (Phi) is 3.46. The molecule has 1 fully saturated rings. The third kappa shape index (κ3) is 1.83. The first-order valence-electron chi connectivity index (χ1n) is 9.65. The van der Waals surface area contributed by atoms with E-state index in [0.29, 0.717) is 6.61 Å². The molecule has 2 aliphatic heterocycles. The number of rotatable bonds is 3. The Labute approximate surface area is 159 Å². The summed E-state index contributed by atoms with van der Waals surface area (Å²) in [5.41, 5.74) is 2.20. The van der Waals surface area contributed by atoms with Gasteiger partial charge in [-0.05, 0) is 50.3 Å². The number of ether oxygens (including phenoxy) is 4. The molecule has 5 atom stereocenters. The molecule has 0 aromatic heterocycles. The monoisotopic (exact) mass is 371 g/mol. The van der Waals surface area contributed by atoms with Crippen LogP contribution in [-0.4, -0.2) is 44.0 Å². The molecule has 0 saturated carbocycles. The van der Waals surface area contributed by atoms with Crippen LogP contribution in [0.5, 0.6) is 11.5 Å². The molecule has 1 spiro atoms. The number of allylic oxidation sites excluding steroid dienone is 1. The van der Waals surface area contributed by atoms with E-state index in [2.05, 4.69) is 19.1 Å². The van der Waals surface area contributed by atoms with Crippen LogP contribution in [0.3, 0.4) is 0 Å². The predicted molar refractivity (Wildman–Crippen MR) is 98.0 cm³/mol. The molecule has 1 aromatic rings. The molecule has 6 heteroatoms. The maximum atomic E-state index is 12.8. The number of likely N-dealkylation sites (tertiary alicyclic amines) is 1. The van der Waals surface area contributed by atoms with Gasteiger partial charge in [-0.25, -0.2) is 4.79 Å². The van der Waals surface area contributed by atoms with Crippen molar-refractivity contribution in [2.45, 2.75) is 50.3 Å². The van der Waals surface area contributed by atoms with Crippen molar-refractivity contribution < 1.29 is 23.7 Å². The second-order valence-corrected chi connectivity index (χ2v) is 7.82. The summed E-state index contributed by atoms with van der Waals surface area (Å²) >= 11 is 0. The molecule has 2 aliphatic carbocycles. The Balaban J connectivity index is 1.74. The van der Waals surface area contributed by atoms with Gasteiger partial charge in [0, 0.05) is 11.6 Å². The summed E-state index contributed by atoms with van der Waals surface area (Å²) in [5.74, 6) is 2.69. The lowest BCUT2D eigenvalue weighted by Crippen LogP contribution is -2.59. The number of fused-ring (bicyclic) bond motifs is 2. The minimum atomic E-state index is -0.228. The lowest BCUT2D eigenvalue weighted by molar-refractivity contribution is -0.0369. The first-order valence-corrected chi connectivity index (χ1v) is 9.65. The van der Waals surface area contributed by atoms with Crippen LogP contribution in [0.4, 0.5) is 4.79 Å². The number of methoxy groups -OCH3 is 2. The Bertz CT molecular complexity index is 849. The van der Waals surface area contributed by atoms with Gasteiger partial charge in [0.05, 0.1) is 32.3 Å². The van der Waals surface area contributed by atoms with E-state index in [4.69, 9.17) is 18.9 Å². The van der Waals surface area contributed by atoms with Crippen LogP contribution < -0.4 is 9.47 Å². The predicted octanol–water partition coefficient (Wildman–Crippen LogP) is 3.55. The largest absolute Gasteiger partial charge is 0.497 e. The van der Waals surface area contributed by atoms with E-state index in [1.165, 1.54) is 5.56 Å². The molecule has 144 valence electrons. The zero-order valence-corrected chi connectivity index (χ0v) is 16.2. The summed E-state index contributed by atoms with van der Waals surface area (Å²) in [4.78, 5) is 14.8. The number of carbonyl (C=O) groups excluding carboxylic acids is 1. The molecule has 1 amide bonds. The van der Waals surface area contributed by atoms with Gasteiger partial charge in [-0.15, -0.1) is 0 Å². The zero-order chi connectivity index (χ0) is 18.9. The Hall–Kier alpha value is -2.37. The molecule has 0 radical (unpaired) electrons. The van der Waals surface area contributed by atoms with Crippen LogP contribution in [0.25, 0.3) is 0 Å². The quantitative estimate of drug-likeness (QED) is 0.813. The molecule has 1 aromatic carbocycles. The molecule has 2 heterocycles. The van der Waals surface area contributed by atoms with Crippen LogP contribution in [0, 0.1) is 5.92 Å². The van der Waals surface area contributed by atoms with Crippen LogP contribution in [-0.2, 0) is 14.9 Å². The van der Waals surface area contributed by atoms with Crippen LogP contribution in [0.15, 0.2) is 24.0 Å².